The Morgan fingerprint density at radius 2 is 2.27 bits per heavy atom. The molecule has 0 atom stereocenters. The Kier molecular flexibility index (Phi) is 2.44. The molecule has 2 heterocycles. The average Bonchev–Trinajstić information content (AvgIpc) is 2.70. The summed E-state index contributed by atoms with van der Waals surface area (Å²) in [6, 6.07) is 0. The van der Waals surface area contributed by atoms with Gasteiger partial charge in [0.15, 0.2) is 0 Å². The Balaban J connectivity index is 2.40. The van der Waals surface area contributed by atoms with Crippen LogP contribution in [-0.4, -0.2) is 31.0 Å². The Morgan fingerprint density at radius 3 is 2.93 bits per heavy atom. The van der Waals surface area contributed by atoms with Crippen molar-refractivity contribution >= 4 is 11.9 Å². The highest BCUT2D eigenvalue weighted by Gasteiger charge is 2.04. The molecule has 0 bridgehead atoms. The molecule has 0 spiro atoms. The first kappa shape index (κ1) is 9.38. The number of aromatic nitrogens is 5. The standard InChI is InChI=1S/C8H11N7/c1-2-11-7-12-6(9)13-8(14-7)15-4-3-10-5-15/h3-5H,2H2,1H3,(H3,9,11,12,13,14). The Labute approximate surface area is 86.4 Å². The molecule has 2 aromatic rings. The summed E-state index contributed by atoms with van der Waals surface area (Å²) in [4.78, 5) is 16.0. The van der Waals surface area contributed by atoms with Crippen molar-refractivity contribution in [1.29, 1.82) is 0 Å². The molecule has 15 heavy (non-hydrogen) atoms. The molecular weight excluding hydrogens is 194 g/mol. The van der Waals surface area contributed by atoms with Gasteiger partial charge in [0.05, 0.1) is 0 Å². The van der Waals surface area contributed by atoms with Gasteiger partial charge in [-0.25, -0.2) is 4.98 Å². The topological polar surface area (TPSA) is 94.5 Å². The molecule has 0 saturated carbocycles. The number of hydrogen-bond acceptors (Lipinski definition) is 6. The van der Waals surface area contributed by atoms with Gasteiger partial charge >= 0.3 is 0 Å². The highest BCUT2D eigenvalue weighted by Crippen LogP contribution is 2.06. The third-order valence-electron chi connectivity index (χ3n) is 1.71. The Morgan fingerprint density at radius 1 is 1.40 bits per heavy atom. The van der Waals surface area contributed by atoms with Crippen molar-refractivity contribution in [3.05, 3.63) is 18.7 Å². The van der Waals surface area contributed by atoms with Gasteiger partial charge in [0, 0.05) is 18.9 Å². The normalized spacial score (nSPS) is 10.2. The van der Waals surface area contributed by atoms with Gasteiger partial charge in [-0.1, -0.05) is 0 Å². The van der Waals surface area contributed by atoms with Crippen LogP contribution < -0.4 is 11.1 Å². The van der Waals surface area contributed by atoms with E-state index in [9.17, 15) is 0 Å². The minimum atomic E-state index is 0.185. The van der Waals surface area contributed by atoms with E-state index in [1.807, 2.05) is 6.92 Å². The lowest BCUT2D eigenvalue weighted by atomic mass is 10.7. The minimum Gasteiger partial charge on any atom is -0.368 e. The zero-order valence-corrected chi connectivity index (χ0v) is 8.25. The number of rotatable bonds is 3. The van der Waals surface area contributed by atoms with Crippen LogP contribution in [-0.2, 0) is 0 Å². The molecule has 0 aromatic carbocycles. The van der Waals surface area contributed by atoms with E-state index in [0.29, 0.717) is 11.9 Å². The summed E-state index contributed by atoms with van der Waals surface area (Å²) in [5.74, 6) is 1.11. The van der Waals surface area contributed by atoms with E-state index in [-0.39, 0.29) is 5.95 Å². The second-order valence-corrected chi connectivity index (χ2v) is 2.82. The number of nitrogen functional groups attached to an aromatic ring is 1. The highest BCUT2D eigenvalue weighted by molar-refractivity contribution is 5.34. The molecule has 2 aromatic heterocycles. The van der Waals surface area contributed by atoms with E-state index in [1.54, 1.807) is 23.3 Å². The number of nitrogens with one attached hydrogen (secondary N) is 1. The molecular formula is C8H11N7. The lowest BCUT2D eigenvalue weighted by Gasteiger charge is -2.04. The third kappa shape index (κ3) is 2.01. The van der Waals surface area contributed by atoms with Crippen molar-refractivity contribution < 1.29 is 0 Å². The summed E-state index contributed by atoms with van der Waals surface area (Å²) < 4.78 is 1.67. The van der Waals surface area contributed by atoms with Gasteiger partial charge < -0.3 is 11.1 Å². The number of hydrogen-bond donors (Lipinski definition) is 2. The first-order chi connectivity index (χ1) is 7.29. The number of nitrogens with zero attached hydrogens (tertiary/aromatic N) is 5. The highest BCUT2D eigenvalue weighted by atomic mass is 15.3. The van der Waals surface area contributed by atoms with E-state index < -0.39 is 0 Å². The molecule has 2 rings (SSSR count). The molecule has 0 aliphatic carbocycles. The number of nitrogens with two attached hydrogens (primary N) is 1. The number of imidazole rings is 1. The van der Waals surface area contributed by atoms with E-state index in [2.05, 4.69) is 25.3 Å². The van der Waals surface area contributed by atoms with Crippen molar-refractivity contribution in [3.8, 4) is 5.95 Å². The van der Waals surface area contributed by atoms with Gasteiger partial charge in [0.2, 0.25) is 17.8 Å². The van der Waals surface area contributed by atoms with E-state index in [0.717, 1.165) is 6.54 Å². The molecule has 0 aliphatic rings. The van der Waals surface area contributed by atoms with Gasteiger partial charge in [-0.2, -0.15) is 15.0 Å². The maximum Gasteiger partial charge on any atom is 0.241 e. The van der Waals surface area contributed by atoms with Gasteiger partial charge in [0.1, 0.15) is 6.33 Å². The zero-order chi connectivity index (χ0) is 10.7. The Hall–Kier alpha value is -2.18. The second kappa shape index (κ2) is 3.91. The van der Waals surface area contributed by atoms with Crippen LogP contribution in [0.1, 0.15) is 6.92 Å². The van der Waals surface area contributed by atoms with Crippen LogP contribution in [0.5, 0.6) is 0 Å². The molecule has 0 amide bonds. The van der Waals surface area contributed by atoms with Crippen LogP contribution >= 0.6 is 0 Å². The fourth-order valence-electron chi connectivity index (χ4n) is 1.11. The summed E-state index contributed by atoms with van der Waals surface area (Å²) in [5.41, 5.74) is 5.56. The molecule has 7 heteroatoms. The van der Waals surface area contributed by atoms with Crippen molar-refractivity contribution in [2.24, 2.45) is 0 Å². The van der Waals surface area contributed by atoms with Crippen molar-refractivity contribution in [2.45, 2.75) is 6.92 Å². The van der Waals surface area contributed by atoms with Gasteiger partial charge in [-0.15, -0.1) is 0 Å². The molecule has 0 aliphatic heterocycles. The van der Waals surface area contributed by atoms with Gasteiger partial charge in [-0.3, -0.25) is 4.57 Å². The summed E-state index contributed by atoms with van der Waals surface area (Å²) in [5, 5.41) is 2.97. The molecule has 0 radical (unpaired) electrons. The van der Waals surface area contributed by atoms with E-state index in [1.165, 1.54) is 0 Å². The monoisotopic (exact) mass is 205 g/mol. The van der Waals surface area contributed by atoms with E-state index in [4.69, 9.17) is 5.73 Å². The molecule has 78 valence electrons. The predicted molar refractivity (Wildman–Crippen MR) is 55.5 cm³/mol. The summed E-state index contributed by atoms with van der Waals surface area (Å²) in [7, 11) is 0. The van der Waals surface area contributed by atoms with Crippen LogP contribution in [0.2, 0.25) is 0 Å². The van der Waals surface area contributed by atoms with Crippen LogP contribution in [0, 0.1) is 0 Å². The van der Waals surface area contributed by atoms with Gasteiger partial charge in [-0.05, 0) is 6.92 Å². The first-order valence-corrected chi connectivity index (χ1v) is 4.53. The van der Waals surface area contributed by atoms with Crippen molar-refractivity contribution in [1.82, 2.24) is 24.5 Å². The molecule has 7 nitrogen and oxygen atoms in total. The zero-order valence-electron chi connectivity index (χ0n) is 8.25. The van der Waals surface area contributed by atoms with Crippen LogP contribution in [0.3, 0.4) is 0 Å². The first-order valence-electron chi connectivity index (χ1n) is 4.53. The third-order valence-corrected chi connectivity index (χ3v) is 1.71. The molecule has 0 saturated heterocycles. The Bertz CT molecular complexity index is 436. The maximum absolute atomic E-state index is 5.56. The summed E-state index contributed by atoms with van der Waals surface area (Å²) >= 11 is 0. The lowest BCUT2D eigenvalue weighted by Crippen LogP contribution is -2.10. The second-order valence-electron chi connectivity index (χ2n) is 2.82. The fourth-order valence-corrected chi connectivity index (χ4v) is 1.11. The van der Waals surface area contributed by atoms with Crippen LogP contribution in [0.4, 0.5) is 11.9 Å². The van der Waals surface area contributed by atoms with Crippen molar-refractivity contribution in [3.63, 3.8) is 0 Å². The fraction of sp³-hybridized carbons (Fsp3) is 0.250. The summed E-state index contributed by atoms with van der Waals surface area (Å²) in [6.07, 6.45) is 4.99. The largest absolute Gasteiger partial charge is 0.368 e. The number of anilines is 2. The lowest BCUT2D eigenvalue weighted by molar-refractivity contribution is 0.899. The smallest absolute Gasteiger partial charge is 0.241 e. The van der Waals surface area contributed by atoms with Crippen LogP contribution in [0.15, 0.2) is 18.7 Å². The SMILES string of the molecule is CCNc1nc(N)nc(-n2ccnc2)n1. The molecule has 3 N–H and O–H groups in total. The maximum atomic E-state index is 5.56. The van der Waals surface area contributed by atoms with E-state index >= 15 is 0 Å². The van der Waals surface area contributed by atoms with Crippen LogP contribution in [0.25, 0.3) is 5.95 Å². The summed E-state index contributed by atoms with van der Waals surface area (Å²) in [6.45, 7) is 2.68. The van der Waals surface area contributed by atoms with Crippen molar-refractivity contribution in [2.75, 3.05) is 17.6 Å². The predicted octanol–water partition coefficient (Wildman–Crippen LogP) is 0.0713. The average molecular weight is 205 g/mol. The molecule has 0 unspecified atom stereocenters. The quantitative estimate of drug-likeness (QED) is 0.736. The van der Waals surface area contributed by atoms with Gasteiger partial charge in [0.25, 0.3) is 0 Å². The minimum absolute atomic E-state index is 0.185. The molecule has 0 fully saturated rings.